The van der Waals surface area contributed by atoms with Crippen LogP contribution in [0, 0.1) is 5.82 Å². The number of halogens is 1. The van der Waals surface area contributed by atoms with Crippen LogP contribution in [0.25, 0.3) is 0 Å². The maximum absolute atomic E-state index is 12.9. The van der Waals surface area contributed by atoms with Gasteiger partial charge in [0.05, 0.1) is 0 Å². The van der Waals surface area contributed by atoms with Gasteiger partial charge < -0.3 is 10.6 Å². The van der Waals surface area contributed by atoms with E-state index >= 15 is 0 Å². The lowest BCUT2D eigenvalue weighted by molar-refractivity contribution is -0.132. The Morgan fingerprint density at radius 1 is 0.917 bits per heavy atom. The van der Waals surface area contributed by atoms with Crippen LogP contribution < -0.4 is 5.73 Å². The molecule has 0 atom stereocenters. The van der Waals surface area contributed by atoms with Crippen LogP contribution in [0.2, 0.25) is 0 Å². The van der Waals surface area contributed by atoms with Gasteiger partial charge in [0.25, 0.3) is 0 Å². The van der Waals surface area contributed by atoms with Crippen molar-refractivity contribution in [2.24, 2.45) is 5.73 Å². The topological polar surface area (TPSA) is 63.4 Å². The Kier molecular flexibility index (Phi) is 6.49. The van der Waals surface area contributed by atoms with Crippen molar-refractivity contribution >= 4 is 11.8 Å². The summed E-state index contributed by atoms with van der Waals surface area (Å²) in [6, 6.07) is 15.7. The van der Waals surface area contributed by atoms with Gasteiger partial charge in [0.2, 0.25) is 11.8 Å². The number of benzene rings is 2. The maximum Gasteiger partial charge on any atom is 0.223 e. The molecule has 2 amide bonds. The minimum atomic E-state index is -0.431. The van der Waals surface area contributed by atoms with Crippen molar-refractivity contribution in [1.82, 2.24) is 4.90 Å². The summed E-state index contributed by atoms with van der Waals surface area (Å²) >= 11 is 0. The van der Waals surface area contributed by atoms with E-state index in [1.165, 1.54) is 12.1 Å². The molecule has 2 rings (SSSR count). The van der Waals surface area contributed by atoms with E-state index in [-0.39, 0.29) is 18.1 Å². The quantitative estimate of drug-likeness (QED) is 0.810. The first-order valence-corrected chi connectivity index (χ1v) is 7.89. The van der Waals surface area contributed by atoms with Gasteiger partial charge in [0.15, 0.2) is 0 Å². The Bertz CT molecular complexity index is 672. The van der Waals surface area contributed by atoms with E-state index in [9.17, 15) is 14.0 Å². The smallest absolute Gasteiger partial charge is 0.223 e. The van der Waals surface area contributed by atoms with E-state index in [0.717, 1.165) is 11.1 Å². The second-order valence-electron chi connectivity index (χ2n) is 5.64. The summed E-state index contributed by atoms with van der Waals surface area (Å²) in [6.07, 6.45) is 0.966. The number of hydrogen-bond donors (Lipinski definition) is 1. The van der Waals surface area contributed by atoms with Crippen LogP contribution in [0.4, 0.5) is 4.39 Å². The maximum atomic E-state index is 12.9. The van der Waals surface area contributed by atoms with Crippen LogP contribution in [0.15, 0.2) is 54.6 Å². The van der Waals surface area contributed by atoms with Crippen molar-refractivity contribution in [3.05, 3.63) is 71.5 Å². The van der Waals surface area contributed by atoms with Gasteiger partial charge in [0.1, 0.15) is 5.82 Å². The molecule has 5 heteroatoms. The fourth-order valence-corrected chi connectivity index (χ4v) is 2.40. The molecule has 0 aromatic heterocycles. The Morgan fingerprint density at radius 2 is 1.58 bits per heavy atom. The van der Waals surface area contributed by atoms with Crippen molar-refractivity contribution < 1.29 is 14.0 Å². The Morgan fingerprint density at radius 3 is 2.21 bits per heavy atom. The van der Waals surface area contributed by atoms with Crippen molar-refractivity contribution in [1.29, 1.82) is 0 Å². The lowest BCUT2D eigenvalue weighted by atomic mass is 10.1. The molecule has 0 saturated carbocycles. The molecule has 126 valence electrons. The van der Waals surface area contributed by atoms with Gasteiger partial charge in [0, 0.05) is 25.9 Å². The highest BCUT2D eigenvalue weighted by molar-refractivity contribution is 5.78. The summed E-state index contributed by atoms with van der Waals surface area (Å²) < 4.78 is 12.9. The number of nitrogens with zero attached hydrogens (tertiary/aromatic N) is 1. The molecular formula is C19H21FN2O2. The molecular weight excluding hydrogens is 307 g/mol. The zero-order valence-corrected chi connectivity index (χ0v) is 13.5. The van der Waals surface area contributed by atoms with E-state index in [2.05, 4.69) is 0 Å². The standard InChI is InChI=1S/C19H21FN2O2/c20-17-9-6-15(7-10-17)8-11-19(24)22(13-12-18(21)23)14-16-4-2-1-3-5-16/h1-7,9-10H,8,11-14H2,(H2,21,23). The number of amides is 2. The molecule has 4 nitrogen and oxygen atoms in total. The molecule has 24 heavy (non-hydrogen) atoms. The fraction of sp³-hybridized carbons (Fsp3) is 0.263. The molecule has 0 bridgehead atoms. The molecule has 2 aromatic rings. The third-order valence-electron chi connectivity index (χ3n) is 3.74. The second-order valence-corrected chi connectivity index (χ2v) is 5.64. The van der Waals surface area contributed by atoms with Gasteiger partial charge >= 0.3 is 0 Å². The van der Waals surface area contributed by atoms with Crippen molar-refractivity contribution in [2.75, 3.05) is 6.54 Å². The molecule has 0 aliphatic carbocycles. The van der Waals surface area contributed by atoms with Crippen LogP contribution in [0.1, 0.15) is 24.0 Å². The zero-order chi connectivity index (χ0) is 17.4. The number of carbonyl (C=O) groups excluding carboxylic acids is 2. The summed E-state index contributed by atoms with van der Waals surface area (Å²) in [5, 5.41) is 0. The third kappa shape index (κ3) is 5.83. The van der Waals surface area contributed by atoms with E-state index in [0.29, 0.717) is 25.9 Å². The summed E-state index contributed by atoms with van der Waals surface area (Å²) in [6.45, 7) is 0.739. The predicted octanol–water partition coefficient (Wildman–Crippen LogP) is 2.66. The molecule has 0 saturated heterocycles. The normalized spacial score (nSPS) is 10.4. The van der Waals surface area contributed by atoms with Crippen molar-refractivity contribution in [2.45, 2.75) is 25.8 Å². The molecule has 2 N–H and O–H groups in total. The zero-order valence-electron chi connectivity index (χ0n) is 13.5. The number of nitrogens with two attached hydrogens (primary N) is 1. The first-order valence-electron chi connectivity index (χ1n) is 7.89. The first kappa shape index (κ1) is 17.7. The highest BCUT2D eigenvalue weighted by Gasteiger charge is 2.15. The summed E-state index contributed by atoms with van der Waals surface area (Å²) in [5.74, 6) is -0.777. The number of hydrogen-bond acceptors (Lipinski definition) is 2. The van der Waals surface area contributed by atoms with Crippen LogP contribution in [0.5, 0.6) is 0 Å². The van der Waals surface area contributed by atoms with Crippen molar-refractivity contribution in [3.8, 4) is 0 Å². The summed E-state index contributed by atoms with van der Waals surface area (Å²) in [5.41, 5.74) is 7.10. The monoisotopic (exact) mass is 328 g/mol. The molecule has 2 aromatic carbocycles. The van der Waals surface area contributed by atoms with Crippen LogP contribution in [0.3, 0.4) is 0 Å². The molecule has 0 aliphatic rings. The van der Waals surface area contributed by atoms with E-state index in [1.807, 2.05) is 30.3 Å². The molecule has 0 aliphatic heterocycles. The van der Waals surface area contributed by atoms with Crippen LogP contribution in [-0.4, -0.2) is 23.3 Å². The SMILES string of the molecule is NC(=O)CCN(Cc1ccccc1)C(=O)CCc1ccc(F)cc1. The highest BCUT2D eigenvalue weighted by Crippen LogP contribution is 2.10. The van der Waals surface area contributed by atoms with Gasteiger partial charge in [-0.2, -0.15) is 0 Å². The largest absolute Gasteiger partial charge is 0.370 e. The average Bonchev–Trinajstić information content (AvgIpc) is 2.58. The molecule has 0 fully saturated rings. The molecule has 0 spiro atoms. The number of aryl methyl sites for hydroxylation is 1. The third-order valence-corrected chi connectivity index (χ3v) is 3.74. The van der Waals surface area contributed by atoms with Gasteiger partial charge in [-0.1, -0.05) is 42.5 Å². The fourth-order valence-electron chi connectivity index (χ4n) is 2.40. The Labute approximate surface area is 141 Å². The molecule has 0 heterocycles. The summed E-state index contributed by atoms with van der Waals surface area (Å²) in [4.78, 5) is 25.2. The van der Waals surface area contributed by atoms with Gasteiger partial charge in [-0.25, -0.2) is 4.39 Å². The first-order chi connectivity index (χ1) is 11.5. The second kappa shape index (κ2) is 8.82. The predicted molar refractivity (Wildman–Crippen MR) is 90.4 cm³/mol. The lowest BCUT2D eigenvalue weighted by Crippen LogP contribution is -2.33. The Balaban J connectivity index is 1.97. The molecule has 0 unspecified atom stereocenters. The van der Waals surface area contributed by atoms with Gasteiger partial charge in [-0.3, -0.25) is 9.59 Å². The lowest BCUT2D eigenvalue weighted by Gasteiger charge is -2.22. The van der Waals surface area contributed by atoms with E-state index in [1.54, 1.807) is 17.0 Å². The molecule has 0 radical (unpaired) electrons. The summed E-state index contributed by atoms with van der Waals surface area (Å²) in [7, 11) is 0. The Hall–Kier alpha value is -2.69. The van der Waals surface area contributed by atoms with Crippen LogP contribution >= 0.6 is 0 Å². The number of primary amides is 1. The number of carbonyl (C=O) groups is 2. The average molecular weight is 328 g/mol. The van der Waals surface area contributed by atoms with Gasteiger partial charge in [-0.05, 0) is 29.7 Å². The van der Waals surface area contributed by atoms with E-state index in [4.69, 9.17) is 5.73 Å². The number of rotatable bonds is 8. The minimum Gasteiger partial charge on any atom is -0.370 e. The van der Waals surface area contributed by atoms with Gasteiger partial charge in [-0.15, -0.1) is 0 Å². The highest BCUT2D eigenvalue weighted by atomic mass is 19.1. The minimum absolute atomic E-state index is 0.0515. The van der Waals surface area contributed by atoms with E-state index < -0.39 is 5.91 Å². The van der Waals surface area contributed by atoms with Crippen molar-refractivity contribution in [3.63, 3.8) is 0 Å². The van der Waals surface area contributed by atoms with Crippen LogP contribution in [-0.2, 0) is 22.6 Å².